The van der Waals surface area contributed by atoms with E-state index in [1.807, 2.05) is 38.1 Å². The average Bonchev–Trinajstić information content (AvgIpc) is 2.60. The molecule has 0 bridgehead atoms. The minimum Gasteiger partial charge on any atom is -0.484 e. The highest BCUT2D eigenvalue weighted by Gasteiger charge is 2.16. The van der Waals surface area contributed by atoms with Crippen molar-refractivity contribution < 1.29 is 19.1 Å². The van der Waals surface area contributed by atoms with Crippen LogP contribution in [-0.2, 0) is 14.3 Å². The van der Waals surface area contributed by atoms with E-state index in [9.17, 15) is 9.59 Å². The summed E-state index contributed by atoms with van der Waals surface area (Å²) in [6.45, 7) is 5.62. The van der Waals surface area contributed by atoms with Gasteiger partial charge in [0.15, 0.2) is 12.3 Å². The first kappa shape index (κ1) is 19.2. The predicted molar refractivity (Wildman–Crippen MR) is 99.2 cm³/mol. The summed E-state index contributed by atoms with van der Waals surface area (Å²) in [5.74, 6) is -0.466. The number of esters is 1. The molecule has 6 heteroatoms. The third kappa shape index (κ3) is 5.73. The van der Waals surface area contributed by atoms with E-state index in [-0.39, 0.29) is 18.9 Å². The van der Waals surface area contributed by atoms with Crippen LogP contribution in [0.5, 0.6) is 5.75 Å². The molecule has 6 nitrogen and oxygen atoms in total. The SMILES string of the molecule is CCOC(=O)C(=NNC(=O)COc1cc(C)cc(C)c1)c1ccccc1. The second kappa shape index (κ2) is 9.36. The highest BCUT2D eigenvalue weighted by molar-refractivity contribution is 6.43. The molecule has 0 saturated carbocycles. The lowest BCUT2D eigenvalue weighted by atomic mass is 10.1. The van der Waals surface area contributed by atoms with Gasteiger partial charge in [0.2, 0.25) is 0 Å². The van der Waals surface area contributed by atoms with Gasteiger partial charge in [-0.2, -0.15) is 5.10 Å². The number of hydrogen-bond donors (Lipinski definition) is 1. The second-order valence-electron chi connectivity index (χ2n) is 5.69. The molecule has 0 aliphatic rings. The van der Waals surface area contributed by atoms with Crippen LogP contribution in [0.2, 0.25) is 0 Å². The summed E-state index contributed by atoms with van der Waals surface area (Å²) in [5, 5.41) is 3.92. The molecule has 0 aromatic heterocycles. The van der Waals surface area contributed by atoms with E-state index in [2.05, 4.69) is 10.5 Å². The van der Waals surface area contributed by atoms with E-state index in [0.717, 1.165) is 11.1 Å². The van der Waals surface area contributed by atoms with Gasteiger partial charge >= 0.3 is 5.97 Å². The number of hydrogen-bond acceptors (Lipinski definition) is 5. The zero-order valence-corrected chi connectivity index (χ0v) is 15.1. The van der Waals surface area contributed by atoms with Crippen LogP contribution in [0.3, 0.4) is 0 Å². The first-order valence-electron chi connectivity index (χ1n) is 8.29. The van der Waals surface area contributed by atoms with Crippen molar-refractivity contribution >= 4 is 17.6 Å². The zero-order chi connectivity index (χ0) is 18.9. The third-order valence-corrected chi connectivity index (χ3v) is 3.37. The highest BCUT2D eigenvalue weighted by Crippen LogP contribution is 2.15. The molecule has 0 fully saturated rings. The van der Waals surface area contributed by atoms with Crippen LogP contribution in [0.4, 0.5) is 0 Å². The van der Waals surface area contributed by atoms with E-state index in [4.69, 9.17) is 9.47 Å². The van der Waals surface area contributed by atoms with Crippen molar-refractivity contribution in [1.82, 2.24) is 5.43 Å². The van der Waals surface area contributed by atoms with Gasteiger partial charge in [-0.25, -0.2) is 10.2 Å². The maximum atomic E-state index is 12.1. The molecule has 0 unspecified atom stereocenters. The van der Waals surface area contributed by atoms with Crippen LogP contribution >= 0.6 is 0 Å². The number of ether oxygens (including phenoxy) is 2. The molecule has 1 amide bonds. The molecule has 2 aromatic carbocycles. The van der Waals surface area contributed by atoms with Gasteiger partial charge in [-0.05, 0) is 44.0 Å². The van der Waals surface area contributed by atoms with E-state index < -0.39 is 11.9 Å². The van der Waals surface area contributed by atoms with Gasteiger partial charge in [0, 0.05) is 5.56 Å². The maximum absolute atomic E-state index is 12.1. The number of nitrogens with zero attached hydrogens (tertiary/aromatic N) is 1. The monoisotopic (exact) mass is 354 g/mol. The Morgan fingerprint density at radius 1 is 1.04 bits per heavy atom. The Morgan fingerprint density at radius 2 is 1.69 bits per heavy atom. The fourth-order valence-electron chi connectivity index (χ4n) is 2.34. The lowest BCUT2D eigenvalue weighted by Gasteiger charge is -2.09. The summed E-state index contributed by atoms with van der Waals surface area (Å²) < 4.78 is 10.5. The van der Waals surface area contributed by atoms with Crippen LogP contribution in [0, 0.1) is 13.8 Å². The van der Waals surface area contributed by atoms with Gasteiger partial charge in [0.1, 0.15) is 5.75 Å². The second-order valence-corrected chi connectivity index (χ2v) is 5.69. The van der Waals surface area contributed by atoms with Crippen LogP contribution in [0.1, 0.15) is 23.6 Å². The summed E-state index contributed by atoms with van der Waals surface area (Å²) in [6, 6.07) is 14.5. The van der Waals surface area contributed by atoms with Crippen molar-refractivity contribution in [2.24, 2.45) is 5.10 Å². The number of benzene rings is 2. The molecule has 0 spiro atoms. The maximum Gasteiger partial charge on any atom is 0.359 e. The third-order valence-electron chi connectivity index (χ3n) is 3.37. The standard InChI is InChI=1S/C20H22N2O4/c1-4-25-20(24)19(16-8-6-5-7-9-16)22-21-18(23)13-26-17-11-14(2)10-15(3)12-17/h5-12H,4,13H2,1-3H3,(H,21,23). The lowest BCUT2D eigenvalue weighted by Crippen LogP contribution is -2.29. The van der Waals surface area contributed by atoms with Crippen LogP contribution in [0.15, 0.2) is 53.6 Å². The fraction of sp³-hybridized carbons (Fsp3) is 0.250. The quantitative estimate of drug-likeness (QED) is 0.471. The van der Waals surface area contributed by atoms with E-state index in [0.29, 0.717) is 11.3 Å². The molecule has 26 heavy (non-hydrogen) atoms. The van der Waals surface area contributed by atoms with Gasteiger partial charge < -0.3 is 9.47 Å². The predicted octanol–water partition coefficient (Wildman–Crippen LogP) is 2.77. The van der Waals surface area contributed by atoms with Crippen LogP contribution < -0.4 is 10.2 Å². The molecular weight excluding hydrogens is 332 g/mol. The highest BCUT2D eigenvalue weighted by atomic mass is 16.5. The number of amides is 1. The molecular formula is C20H22N2O4. The molecule has 2 rings (SSSR count). The van der Waals surface area contributed by atoms with E-state index in [1.165, 1.54) is 0 Å². The van der Waals surface area contributed by atoms with Crippen LogP contribution in [0.25, 0.3) is 0 Å². The minimum absolute atomic E-state index is 0.0344. The summed E-state index contributed by atoms with van der Waals surface area (Å²) in [6.07, 6.45) is 0. The van der Waals surface area contributed by atoms with Gasteiger partial charge in [-0.15, -0.1) is 0 Å². The van der Waals surface area contributed by atoms with Gasteiger partial charge in [-0.1, -0.05) is 36.4 Å². The van der Waals surface area contributed by atoms with Crippen molar-refractivity contribution in [2.45, 2.75) is 20.8 Å². The number of nitrogens with one attached hydrogen (secondary N) is 1. The molecule has 0 radical (unpaired) electrons. The molecule has 2 aromatic rings. The Kier molecular flexibility index (Phi) is 6.91. The largest absolute Gasteiger partial charge is 0.484 e. The molecule has 0 aliphatic heterocycles. The van der Waals surface area contributed by atoms with Gasteiger partial charge in [-0.3, -0.25) is 4.79 Å². The Labute approximate surface area is 152 Å². The number of carbonyl (C=O) groups is 2. The van der Waals surface area contributed by atoms with Crippen molar-refractivity contribution in [2.75, 3.05) is 13.2 Å². The minimum atomic E-state index is -0.603. The van der Waals surface area contributed by atoms with Crippen LogP contribution in [-0.4, -0.2) is 30.8 Å². The van der Waals surface area contributed by atoms with Crippen molar-refractivity contribution in [3.05, 3.63) is 65.2 Å². The number of rotatable bonds is 7. The molecule has 0 atom stereocenters. The average molecular weight is 354 g/mol. The summed E-state index contributed by atoms with van der Waals surface area (Å²) in [4.78, 5) is 24.1. The number of hydrazone groups is 1. The lowest BCUT2D eigenvalue weighted by molar-refractivity contribution is -0.134. The molecule has 0 saturated heterocycles. The smallest absolute Gasteiger partial charge is 0.359 e. The summed E-state index contributed by atoms with van der Waals surface area (Å²) in [5.41, 5.74) is 5.03. The van der Waals surface area contributed by atoms with Crippen molar-refractivity contribution in [3.8, 4) is 5.75 Å². The molecule has 1 N–H and O–H groups in total. The number of aryl methyl sites for hydroxylation is 2. The molecule has 136 valence electrons. The first-order chi connectivity index (χ1) is 12.5. The van der Waals surface area contributed by atoms with Gasteiger partial charge in [0.25, 0.3) is 5.91 Å². The topological polar surface area (TPSA) is 77.0 Å². The Balaban J connectivity index is 2.03. The summed E-state index contributed by atoms with van der Waals surface area (Å²) >= 11 is 0. The number of carbonyl (C=O) groups excluding carboxylic acids is 2. The Hall–Kier alpha value is -3.15. The van der Waals surface area contributed by atoms with E-state index >= 15 is 0 Å². The summed E-state index contributed by atoms with van der Waals surface area (Å²) in [7, 11) is 0. The Bertz CT molecular complexity index is 780. The van der Waals surface area contributed by atoms with E-state index in [1.54, 1.807) is 31.2 Å². The zero-order valence-electron chi connectivity index (χ0n) is 15.1. The van der Waals surface area contributed by atoms with Crippen molar-refractivity contribution in [3.63, 3.8) is 0 Å². The Morgan fingerprint density at radius 3 is 2.31 bits per heavy atom. The normalized spacial score (nSPS) is 11.0. The molecule has 0 aliphatic carbocycles. The first-order valence-corrected chi connectivity index (χ1v) is 8.29. The van der Waals surface area contributed by atoms with Crippen molar-refractivity contribution in [1.29, 1.82) is 0 Å². The fourth-order valence-corrected chi connectivity index (χ4v) is 2.34. The molecule has 0 heterocycles. The van der Waals surface area contributed by atoms with Gasteiger partial charge in [0.05, 0.1) is 6.61 Å².